The minimum Gasteiger partial charge on any atom is -0.497 e. The number of pyridine rings is 1. The number of aromatic nitrogens is 1. The first-order chi connectivity index (χ1) is 11.4. The Bertz CT molecular complexity index is 950. The Morgan fingerprint density at radius 2 is 1.71 bits per heavy atom. The van der Waals surface area contributed by atoms with Gasteiger partial charge in [-0.05, 0) is 60.4 Å². The maximum atomic E-state index is 12.9. The van der Waals surface area contributed by atoms with Gasteiger partial charge < -0.3 is 9.30 Å². The van der Waals surface area contributed by atoms with Crippen LogP contribution in [0, 0.1) is 6.92 Å². The maximum Gasteiger partial charge on any atom is 0.192 e. The van der Waals surface area contributed by atoms with Crippen LogP contribution in [0.5, 0.6) is 5.75 Å². The highest BCUT2D eigenvalue weighted by molar-refractivity contribution is 5.85. The van der Waals surface area contributed by atoms with Crippen molar-refractivity contribution >= 4 is 10.9 Å². The molecule has 3 aromatic rings. The van der Waals surface area contributed by atoms with Crippen LogP contribution in [0.15, 0.2) is 47.3 Å². The van der Waals surface area contributed by atoms with E-state index in [1.54, 1.807) is 7.11 Å². The Balaban J connectivity index is 2.29. The molecule has 24 heavy (non-hydrogen) atoms. The van der Waals surface area contributed by atoms with Crippen LogP contribution >= 0.6 is 0 Å². The third-order valence-corrected chi connectivity index (χ3v) is 4.69. The molecule has 0 atom stereocenters. The van der Waals surface area contributed by atoms with E-state index in [2.05, 4.69) is 30.5 Å². The Labute approximate surface area is 142 Å². The second kappa shape index (κ2) is 6.16. The monoisotopic (exact) mass is 321 g/mol. The van der Waals surface area contributed by atoms with Crippen molar-refractivity contribution in [1.29, 1.82) is 0 Å². The summed E-state index contributed by atoms with van der Waals surface area (Å²) in [6.07, 6.45) is 0. The average Bonchev–Trinajstić information content (AvgIpc) is 2.60. The highest BCUT2D eigenvalue weighted by Gasteiger charge is 2.14. The van der Waals surface area contributed by atoms with Gasteiger partial charge >= 0.3 is 0 Å². The van der Waals surface area contributed by atoms with Crippen molar-refractivity contribution in [3.8, 4) is 17.0 Å². The lowest BCUT2D eigenvalue weighted by Crippen LogP contribution is -2.14. The zero-order chi connectivity index (χ0) is 17.4. The molecule has 0 saturated carbocycles. The lowest BCUT2D eigenvalue weighted by atomic mass is 9.98. The number of hydrogen-bond acceptors (Lipinski definition) is 2. The summed E-state index contributed by atoms with van der Waals surface area (Å²) in [4.78, 5) is 12.9. The molecular weight excluding hydrogens is 298 g/mol. The molecule has 3 nitrogen and oxygen atoms in total. The van der Waals surface area contributed by atoms with Crippen LogP contribution in [0.4, 0.5) is 0 Å². The molecule has 0 spiro atoms. The molecule has 0 saturated heterocycles. The number of methoxy groups -OCH3 is 1. The van der Waals surface area contributed by atoms with Gasteiger partial charge in [-0.1, -0.05) is 19.9 Å². The molecule has 0 aliphatic rings. The van der Waals surface area contributed by atoms with Gasteiger partial charge in [-0.15, -0.1) is 0 Å². The number of benzene rings is 2. The van der Waals surface area contributed by atoms with E-state index in [0.717, 1.165) is 33.5 Å². The van der Waals surface area contributed by atoms with Crippen molar-refractivity contribution < 1.29 is 4.74 Å². The lowest BCUT2D eigenvalue weighted by Gasteiger charge is -2.17. The Hall–Kier alpha value is -2.55. The third kappa shape index (κ3) is 2.60. The van der Waals surface area contributed by atoms with Crippen molar-refractivity contribution in [3.05, 3.63) is 63.8 Å². The first-order valence-electron chi connectivity index (χ1n) is 8.21. The summed E-state index contributed by atoms with van der Waals surface area (Å²) in [5.41, 5.74) is 5.00. The molecule has 0 unspecified atom stereocenters. The molecule has 0 radical (unpaired) electrons. The fraction of sp³-hybridized carbons (Fsp3) is 0.286. The zero-order valence-electron chi connectivity index (χ0n) is 14.9. The quantitative estimate of drug-likeness (QED) is 0.703. The summed E-state index contributed by atoms with van der Waals surface area (Å²) >= 11 is 0. The van der Waals surface area contributed by atoms with Crippen molar-refractivity contribution in [2.75, 3.05) is 7.11 Å². The molecule has 1 heterocycles. The first kappa shape index (κ1) is 16.3. The van der Waals surface area contributed by atoms with Gasteiger partial charge in [0.15, 0.2) is 5.43 Å². The number of hydrogen-bond donors (Lipinski definition) is 0. The molecule has 0 amide bonds. The SMILES string of the molecule is COc1ccc(-c2c(C)c(=O)c3cc(C(C)C)ccc3n2C)cc1. The normalized spacial score (nSPS) is 11.2. The molecule has 124 valence electrons. The lowest BCUT2D eigenvalue weighted by molar-refractivity contribution is 0.415. The van der Waals surface area contributed by atoms with E-state index in [4.69, 9.17) is 4.74 Å². The van der Waals surface area contributed by atoms with Gasteiger partial charge in [-0.3, -0.25) is 4.79 Å². The maximum absolute atomic E-state index is 12.9. The second-order valence-electron chi connectivity index (χ2n) is 6.52. The van der Waals surface area contributed by atoms with Gasteiger partial charge in [0.2, 0.25) is 0 Å². The van der Waals surface area contributed by atoms with Gasteiger partial charge in [0, 0.05) is 18.0 Å². The number of aryl methyl sites for hydroxylation is 1. The summed E-state index contributed by atoms with van der Waals surface area (Å²) in [6, 6.07) is 14.0. The number of fused-ring (bicyclic) bond motifs is 1. The fourth-order valence-corrected chi connectivity index (χ4v) is 3.23. The fourth-order valence-electron chi connectivity index (χ4n) is 3.23. The summed E-state index contributed by atoms with van der Waals surface area (Å²) in [5, 5.41) is 0.790. The van der Waals surface area contributed by atoms with Gasteiger partial charge in [0.05, 0.1) is 18.3 Å². The number of ether oxygens (including phenoxy) is 1. The molecule has 0 fully saturated rings. The summed E-state index contributed by atoms with van der Waals surface area (Å²) in [5.74, 6) is 1.21. The van der Waals surface area contributed by atoms with Crippen LogP contribution in [0.25, 0.3) is 22.2 Å². The van der Waals surface area contributed by atoms with Gasteiger partial charge in [-0.25, -0.2) is 0 Å². The van der Waals surface area contributed by atoms with E-state index in [0.29, 0.717) is 5.92 Å². The van der Waals surface area contributed by atoms with Crippen LogP contribution in [0.3, 0.4) is 0 Å². The Kier molecular flexibility index (Phi) is 4.18. The van der Waals surface area contributed by atoms with Crippen LogP contribution < -0.4 is 10.2 Å². The van der Waals surface area contributed by atoms with Gasteiger partial charge in [-0.2, -0.15) is 0 Å². The standard InChI is InChI=1S/C21H23NO2/c1-13(2)16-8-11-19-18(12-16)21(23)14(3)20(22(19)4)15-6-9-17(24-5)10-7-15/h6-13H,1-5H3. The van der Waals surface area contributed by atoms with Crippen LogP contribution in [0.2, 0.25) is 0 Å². The zero-order valence-corrected chi connectivity index (χ0v) is 14.9. The molecule has 3 heteroatoms. The average molecular weight is 321 g/mol. The molecule has 0 aliphatic heterocycles. The Morgan fingerprint density at radius 1 is 1.04 bits per heavy atom. The molecule has 0 N–H and O–H groups in total. The van der Waals surface area contributed by atoms with Crippen LogP contribution in [-0.2, 0) is 7.05 Å². The van der Waals surface area contributed by atoms with Crippen molar-refractivity contribution in [1.82, 2.24) is 4.57 Å². The molecular formula is C21H23NO2. The molecule has 1 aromatic heterocycles. The molecule has 2 aromatic carbocycles. The van der Waals surface area contributed by atoms with E-state index < -0.39 is 0 Å². The number of rotatable bonds is 3. The van der Waals surface area contributed by atoms with Gasteiger partial charge in [0.25, 0.3) is 0 Å². The van der Waals surface area contributed by atoms with Crippen LogP contribution in [-0.4, -0.2) is 11.7 Å². The van der Waals surface area contributed by atoms with Gasteiger partial charge in [0.1, 0.15) is 5.75 Å². The first-order valence-corrected chi connectivity index (χ1v) is 8.21. The van der Waals surface area contributed by atoms with E-state index in [9.17, 15) is 4.79 Å². The molecule has 3 rings (SSSR count). The van der Waals surface area contributed by atoms with Crippen LogP contribution in [0.1, 0.15) is 30.9 Å². The third-order valence-electron chi connectivity index (χ3n) is 4.69. The Morgan fingerprint density at radius 3 is 2.29 bits per heavy atom. The molecule has 0 aliphatic carbocycles. The van der Waals surface area contributed by atoms with E-state index in [1.165, 1.54) is 5.56 Å². The summed E-state index contributed by atoms with van der Waals surface area (Å²) in [7, 11) is 3.67. The minimum absolute atomic E-state index is 0.108. The van der Waals surface area contributed by atoms with E-state index in [-0.39, 0.29) is 5.43 Å². The minimum atomic E-state index is 0.108. The largest absolute Gasteiger partial charge is 0.497 e. The van der Waals surface area contributed by atoms with E-state index in [1.807, 2.05) is 44.3 Å². The summed E-state index contributed by atoms with van der Waals surface area (Å²) in [6.45, 7) is 6.19. The van der Waals surface area contributed by atoms with E-state index >= 15 is 0 Å². The topological polar surface area (TPSA) is 31.2 Å². The van der Waals surface area contributed by atoms with Crippen molar-refractivity contribution in [2.24, 2.45) is 7.05 Å². The highest BCUT2D eigenvalue weighted by Crippen LogP contribution is 2.28. The van der Waals surface area contributed by atoms with Crippen molar-refractivity contribution in [2.45, 2.75) is 26.7 Å². The number of nitrogens with zero attached hydrogens (tertiary/aromatic N) is 1. The van der Waals surface area contributed by atoms with Crippen molar-refractivity contribution in [3.63, 3.8) is 0 Å². The second-order valence-corrected chi connectivity index (χ2v) is 6.52. The smallest absolute Gasteiger partial charge is 0.192 e. The molecule has 0 bridgehead atoms. The highest BCUT2D eigenvalue weighted by atomic mass is 16.5. The predicted molar refractivity (Wildman–Crippen MR) is 100 cm³/mol. The summed E-state index contributed by atoms with van der Waals surface area (Å²) < 4.78 is 7.34. The predicted octanol–water partition coefficient (Wildman–Crippen LogP) is 4.65.